The van der Waals surface area contributed by atoms with Gasteiger partial charge >= 0.3 is 5.97 Å². The molecule has 1 amide bonds. The van der Waals surface area contributed by atoms with E-state index < -0.39 is 5.97 Å². The minimum atomic E-state index is -0.716. The summed E-state index contributed by atoms with van der Waals surface area (Å²) in [5, 5.41) is 11.4. The Morgan fingerprint density at radius 3 is 2.73 bits per heavy atom. The summed E-state index contributed by atoms with van der Waals surface area (Å²) >= 11 is 0. The molecule has 2 atom stereocenters. The molecule has 0 aliphatic heterocycles. The molecule has 2 N–H and O–H groups in total. The summed E-state index contributed by atoms with van der Waals surface area (Å²) in [6.45, 7) is 1.54. The molecular formula is C11H19NO3. The predicted octanol–water partition coefficient (Wildman–Crippen LogP) is 1.55. The molecule has 0 radical (unpaired) electrons. The summed E-state index contributed by atoms with van der Waals surface area (Å²) in [5.74, 6) is -0.0845. The zero-order valence-electron chi connectivity index (χ0n) is 9.16. The zero-order chi connectivity index (χ0) is 11.3. The van der Waals surface area contributed by atoms with E-state index in [4.69, 9.17) is 5.11 Å². The first-order valence-electron chi connectivity index (χ1n) is 5.57. The summed E-state index contributed by atoms with van der Waals surface area (Å²) < 4.78 is 0. The molecule has 0 heterocycles. The van der Waals surface area contributed by atoms with E-state index in [0.29, 0.717) is 12.0 Å². The Morgan fingerprint density at radius 2 is 2.13 bits per heavy atom. The number of aliphatic carboxylic acids is 1. The van der Waals surface area contributed by atoms with Crippen LogP contribution in [0.4, 0.5) is 0 Å². The third-order valence-electron chi connectivity index (χ3n) is 2.95. The van der Waals surface area contributed by atoms with Gasteiger partial charge in [-0.15, -0.1) is 0 Å². The molecule has 0 spiro atoms. The Kier molecular flexibility index (Phi) is 4.59. The number of amides is 1. The SMILES string of the molecule is CC(=O)NC1CCC(CCCC(=O)O)C1. The molecule has 2 unspecified atom stereocenters. The standard InChI is InChI=1S/C11H19NO3/c1-8(13)12-10-6-5-9(7-10)3-2-4-11(14)15/h9-10H,2-7H2,1H3,(H,12,13)(H,14,15). The highest BCUT2D eigenvalue weighted by atomic mass is 16.4. The van der Waals surface area contributed by atoms with Gasteiger partial charge in [-0.1, -0.05) is 0 Å². The van der Waals surface area contributed by atoms with Crippen molar-refractivity contribution in [1.29, 1.82) is 0 Å². The van der Waals surface area contributed by atoms with Crippen LogP contribution in [-0.2, 0) is 9.59 Å². The molecule has 4 nitrogen and oxygen atoms in total. The number of carboxylic acid groups (broad SMARTS) is 1. The van der Waals surface area contributed by atoms with E-state index in [9.17, 15) is 9.59 Å². The average molecular weight is 213 g/mol. The van der Waals surface area contributed by atoms with Crippen LogP contribution in [0.1, 0.15) is 45.4 Å². The van der Waals surface area contributed by atoms with Gasteiger partial charge in [-0.3, -0.25) is 9.59 Å². The molecule has 0 saturated heterocycles. The van der Waals surface area contributed by atoms with Crippen LogP contribution >= 0.6 is 0 Å². The fourth-order valence-corrected chi connectivity index (χ4v) is 2.30. The van der Waals surface area contributed by atoms with Gasteiger partial charge in [0.2, 0.25) is 5.91 Å². The van der Waals surface area contributed by atoms with Crippen molar-refractivity contribution >= 4 is 11.9 Å². The highest BCUT2D eigenvalue weighted by Gasteiger charge is 2.24. The first-order valence-corrected chi connectivity index (χ1v) is 5.57. The molecule has 1 aliphatic carbocycles. The molecule has 15 heavy (non-hydrogen) atoms. The van der Waals surface area contributed by atoms with Crippen LogP contribution in [0, 0.1) is 5.92 Å². The number of hydrogen-bond donors (Lipinski definition) is 2. The highest BCUT2D eigenvalue weighted by molar-refractivity contribution is 5.73. The molecule has 0 aromatic carbocycles. The summed E-state index contributed by atoms with van der Waals surface area (Å²) in [5.41, 5.74) is 0. The van der Waals surface area contributed by atoms with Gasteiger partial charge in [-0.05, 0) is 38.0 Å². The van der Waals surface area contributed by atoms with Gasteiger partial charge in [0, 0.05) is 19.4 Å². The maximum absolute atomic E-state index is 10.8. The van der Waals surface area contributed by atoms with E-state index in [2.05, 4.69) is 5.32 Å². The van der Waals surface area contributed by atoms with Gasteiger partial charge in [0.1, 0.15) is 0 Å². The van der Waals surface area contributed by atoms with Crippen LogP contribution in [0.25, 0.3) is 0 Å². The number of carboxylic acids is 1. The van der Waals surface area contributed by atoms with E-state index >= 15 is 0 Å². The first-order chi connectivity index (χ1) is 7.08. The van der Waals surface area contributed by atoms with Crippen LogP contribution in [0.5, 0.6) is 0 Å². The lowest BCUT2D eigenvalue weighted by molar-refractivity contribution is -0.137. The highest BCUT2D eigenvalue weighted by Crippen LogP contribution is 2.29. The largest absolute Gasteiger partial charge is 0.481 e. The normalized spacial score (nSPS) is 25.1. The second-order valence-corrected chi connectivity index (χ2v) is 4.36. The Hall–Kier alpha value is -1.06. The summed E-state index contributed by atoms with van der Waals surface area (Å²) in [6, 6.07) is 0.317. The fraction of sp³-hybridized carbons (Fsp3) is 0.818. The molecule has 1 fully saturated rings. The molecule has 0 aromatic rings. The molecule has 1 saturated carbocycles. The third kappa shape index (κ3) is 4.81. The van der Waals surface area contributed by atoms with Crippen molar-refractivity contribution in [2.45, 2.75) is 51.5 Å². The van der Waals surface area contributed by atoms with Gasteiger partial charge in [0.15, 0.2) is 0 Å². The predicted molar refractivity (Wildman–Crippen MR) is 56.4 cm³/mol. The second kappa shape index (κ2) is 5.73. The Labute approximate surface area is 90.0 Å². The lowest BCUT2D eigenvalue weighted by atomic mass is 10.0. The van der Waals surface area contributed by atoms with Crippen LogP contribution in [0.2, 0.25) is 0 Å². The number of carbonyl (C=O) groups excluding carboxylic acids is 1. The van der Waals surface area contributed by atoms with Crippen LogP contribution < -0.4 is 5.32 Å². The fourth-order valence-electron chi connectivity index (χ4n) is 2.30. The molecule has 0 aromatic heterocycles. The van der Waals surface area contributed by atoms with Crippen molar-refractivity contribution in [2.24, 2.45) is 5.92 Å². The maximum Gasteiger partial charge on any atom is 0.303 e. The smallest absolute Gasteiger partial charge is 0.303 e. The summed E-state index contributed by atoms with van der Waals surface area (Å²) in [4.78, 5) is 21.1. The zero-order valence-corrected chi connectivity index (χ0v) is 9.16. The average Bonchev–Trinajstić information content (AvgIpc) is 2.50. The van der Waals surface area contributed by atoms with Crippen molar-refractivity contribution in [2.75, 3.05) is 0 Å². The maximum atomic E-state index is 10.8. The summed E-state index contributed by atoms with van der Waals surface area (Å²) in [6.07, 6.45) is 5.16. The molecular weight excluding hydrogens is 194 g/mol. The molecule has 4 heteroatoms. The van der Waals surface area contributed by atoms with Crippen molar-refractivity contribution in [3.63, 3.8) is 0 Å². The Balaban J connectivity index is 2.13. The second-order valence-electron chi connectivity index (χ2n) is 4.36. The van der Waals surface area contributed by atoms with Crippen molar-refractivity contribution in [3.8, 4) is 0 Å². The Morgan fingerprint density at radius 1 is 1.40 bits per heavy atom. The summed E-state index contributed by atoms with van der Waals surface area (Å²) in [7, 11) is 0. The molecule has 86 valence electrons. The first kappa shape index (κ1) is 12.0. The Bertz CT molecular complexity index is 240. The number of carbonyl (C=O) groups is 2. The van der Waals surface area contributed by atoms with Gasteiger partial charge in [-0.2, -0.15) is 0 Å². The lowest BCUT2D eigenvalue weighted by Crippen LogP contribution is -2.30. The van der Waals surface area contributed by atoms with Crippen molar-refractivity contribution in [3.05, 3.63) is 0 Å². The number of rotatable bonds is 5. The monoisotopic (exact) mass is 213 g/mol. The van der Waals surface area contributed by atoms with Gasteiger partial charge < -0.3 is 10.4 Å². The topological polar surface area (TPSA) is 66.4 Å². The van der Waals surface area contributed by atoms with Crippen LogP contribution in [0.3, 0.4) is 0 Å². The van der Waals surface area contributed by atoms with Crippen LogP contribution in [0.15, 0.2) is 0 Å². The van der Waals surface area contributed by atoms with Gasteiger partial charge in [0.25, 0.3) is 0 Å². The van der Waals surface area contributed by atoms with Crippen molar-refractivity contribution in [1.82, 2.24) is 5.32 Å². The third-order valence-corrected chi connectivity index (χ3v) is 2.95. The minimum Gasteiger partial charge on any atom is -0.481 e. The van der Waals surface area contributed by atoms with Crippen molar-refractivity contribution < 1.29 is 14.7 Å². The van der Waals surface area contributed by atoms with Gasteiger partial charge in [-0.25, -0.2) is 0 Å². The molecule has 1 rings (SSSR count). The molecule has 0 bridgehead atoms. The van der Waals surface area contributed by atoms with E-state index in [1.54, 1.807) is 0 Å². The number of hydrogen-bond acceptors (Lipinski definition) is 2. The lowest BCUT2D eigenvalue weighted by Gasteiger charge is -2.11. The van der Waals surface area contributed by atoms with E-state index in [1.807, 2.05) is 0 Å². The minimum absolute atomic E-state index is 0.0335. The van der Waals surface area contributed by atoms with E-state index in [1.165, 1.54) is 6.92 Å². The van der Waals surface area contributed by atoms with E-state index in [0.717, 1.165) is 32.1 Å². The van der Waals surface area contributed by atoms with Crippen LogP contribution in [-0.4, -0.2) is 23.0 Å². The quantitative estimate of drug-likeness (QED) is 0.728. The van der Waals surface area contributed by atoms with Gasteiger partial charge in [0.05, 0.1) is 0 Å². The van der Waals surface area contributed by atoms with E-state index in [-0.39, 0.29) is 12.3 Å². The molecule has 1 aliphatic rings. The number of nitrogens with one attached hydrogen (secondary N) is 1.